The molecule has 1 aliphatic carbocycles. The number of aliphatic carboxylic acids is 1. The molecular formula is C17H20ClNO5S. The highest BCUT2D eigenvalue weighted by Gasteiger charge is 2.37. The second kappa shape index (κ2) is 8.01. The van der Waals surface area contributed by atoms with Gasteiger partial charge in [0.05, 0.1) is 24.0 Å². The van der Waals surface area contributed by atoms with Gasteiger partial charge in [0.15, 0.2) is 0 Å². The van der Waals surface area contributed by atoms with E-state index in [1.54, 1.807) is 19.9 Å². The summed E-state index contributed by atoms with van der Waals surface area (Å²) in [5, 5.41) is 12.9. The molecule has 0 unspecified atom stereocenters. The molecule has 0 fully saturated rings. The van der Waals surface area contributed by atoms with E-state index in [9.17, 15) is 19.5 Å². The molecule has 8 heteroatoms. The number of hydrogen-bond donors (Lipinski definition) is 2. The maximum Gasteiger partial charge on any atom is 0.341 e. The van der Waals surface area contributed by atoms with Crippen molar-refractivity contribution in [2.45, 2.75) is 33.6 Å². The van der Waals surface area contributed by atoms with Gasteiger partial charge in [-0.3, -0.25) is 9.59 Å². The van der Waals surface area contributed by atoms with Crippen LogP contribution in [0.3, 0.4) is 0 Å². The molecule has 136 valence electrons. The maximum absolute atomic E-state index is 12.7. The van der Waals surface area contributed by atoms with E-state index in [2.05, 4.69) is 5.32 Å². The van der Waals surface area contributed by atoms with Gasteiger partial charge in [0.1, 0.15) is 5.00 Å². The molecule has 6 nitrogen and oxygen atoms in total. The third-order valence-corrected chi connectivity index (χ3v) is 5.68. The maximum atomic E-state index is 12.7. The number of thiophene rings is 1. The number of allylic oxidation sites excluding steroid dienone is 2. The number of aryl methyl sites for hydroxylation is 1. The monoisotopic (exact) mass is 385 g/mol. The zero-order chi connectivity index (χ0) is 18.7. The number of anilines is 1. The summed E-state index contributed by atoms with van der Waals surface area (Å²) < 4.78 is 5.06. The summed E-state index contributed by atoms with van der Waals surface area (Å²) in [4.78, 5) is 37.2. The summed E-state index contributed by atoms with van der Waals surface area (Å²) >= 11 is 7.27. The van der Waals surface area contributed by atoms with Crippen molar-refractivity contribution in [1.82, 2.24) is 0 Å². The third kappa shape index (κ3) is 4.22. The van der Waals surface area contributed by atoms with Crippen molar-refractivity contribution < 1.29 is 24.2 Å². The number of halogens is 1. The van der Waals surface area contributed by atoms with Crippen molar-refractivity contribution in [1.29, 1.82) is 0 Å². The van der Waals surface area contributed by atoms with Crippen molar-refractivity contribution in [2.24, 2.45) is 11.8 Å². The van der Waals surface area contributed by atoms with Crippen LogP contribution in [0.2, 0.25) is 0 Å². The smallest absolute Gasteiger partial charge is 0.341 e. The highest BCUT2D eigenvalue weighted by Crippen LogP contribution is 2.36. The van der Waals surface area contributed by atoms with E-state index in [1.165, 1.54) is 11.3 Å². The van der Waals surface area contributed by atoms with Gasteiger partial charge < -0.3 is 15.2 Å². The number of ether oxygens (including phenoxy) is 1. The second-order valence-electron chi connectivity index (χ2n) is 5.84. The first-order chi connectivity index (χ1) is 11.8. The molecule has 1 aliphatic rings. The number of carbonyl (C=O) groups excluding carboxylic acids is 2. The number of carboxylic acid groups (broad SMARTS) is 1. The van der Waals surface area contributed by atoms with Crippen LogP contribution in [0.25, 0.3) is 0 Å². The van der Waals surface area contributed by atoms with E-state index in [-0.39, 0.29) is 19.4 Å². The summed E-state index contributed by atoms with van der Waals surface area (Å²) in [5.74, 6) is -3.62. The Morgan fingerprint density at radius 1 is 1.36 bits per heavy atom. The Balaban J connectivity index is 2.28. The van der Waals surface area contributed by atoms with Gasteiger partial charge in [0.25, 0.3) is 0 Å². The average molecular weight is 386 g/mol. The summed E-state index contributed by atoms with van der Waals surface area (Å²) in [6.45, 7) is 5.57. The fraction of sp³-hybridized carbons (Fsp3) is 0.471. The van der Waals surface area contributed by atoms with Crippen LogP contribution in [0.1, 0.15) is 40.6 Å². The van der Waals surface area contributed by atoms with Crippen LogP contribution in [-0.2, 0) is 14.3 Å². The number of rotatable bonds is 5. The summed E-state index contributed by atoms with van der Waals surface area (Å²) in [6, 6.07) is 0. The lowest BCUT2D eigenvalue weighted by atomic mass is 9.82. The van der Waals surface area contributed by atoms with Crippen molar-refractivity contribution >= 4 is 45.8 Å². The predicted octanol–water partition coefficient (Wildman–Crippen LogP) is 3.71. The molecule has 2 N–H and O–H groups in total. The van der Waals surface area contributed by atoms with Crippen LogP contribution in [-0.4, -0.2) is 29.6 Å². The molecule has 0 aliphatic heterocycles. The van der Waals surface area contributed by atoms with Crippen molar-refractivity contribution in [3.63, 3.8) is 0 Å². The van der Waals surface area contributed by atoms with Gasteiger partial charge in [-0.05, 0) is 39.2 Å². The van der Waals surface area contributed by atoms with Crippen LogP contribution < -0.4 is 5.32 Å². The molecule has 0 radical (unpaired) electrons. The van der Waals surface area contributed by atoms with Crippen LogP contribution in [0, 0.1) is 25.7 Å². The zero-order valence-corrected chi connectivity index (χ0v) is 15.8. The summed E-state index contributed by atoms with van der Waals surface area (Å²) in [6.07, 6.45) is 2.01. The Kier molecular flexibility index (Phi) is 6.24. The predicted molar refractivity (Wildman–Crippen MR) is 96.2 cm³/mol. The molecule has 1 heterocycles. The number of carbonyl (C=O) groups is 3. The Hall–Kier alpha value is -1.86. The minimum Gasteiger partial charge on any atom is -0.481 e. The van der Waals surface area contributed by atoms with E-state index < -0.39 is 29.7 Å². The summed E-state index contributed by atoms with van der Waals surface area (Å²) in [5.41, 5.74) is 1.07. The third-order valence-electron chi connectivity index (χ3n) is 4.25. The molecule has 25 heavy (non-hydrogen) atoms. The van der Waals surface area contributed by atoms with E-state index >= 15 is 0 Å². The highest BCUT2D eigenvalue weighted by molar-refractivity contribution is 7.16. The quantitative estimate of drug-likeness (QED) is 0.753. The first-order valence-corrected chi connectivity index (χ1v) is 9.11. The van der Waals surface area contributed by atoms with E-state index in [0.29, 0.717) is 15.6 Å². The zero-order valence-electron chi connectivity index (χ0n) is 14.2. The normalized spacial score (nSPS) is 19.9. The summed E-state index contributed by atoms with van der Waals surface area (Å²) in [7, 11) is 0. The van der Waals surface area contributed by atoms with Gasteiger partial charge in [-0.25, -0.2) is 4.79 Å². The lowest BCUT2D eigenvalue weighted by Crippen LogP contribution is -2.35. The minimum absolute atomic E-state index is 0.169. The number of nitrogens with one attached hydrogen (secondary N) is 1. The van der Waals surface area contributed by atoms with Gasteiger partial charge in [0, 0.05) is 9.91 Å². The fourth-order valence-corrected chi connectivity index (χ4v) is 4.08. The van der Waals surface area contributed by atoms with Crippen LogP contribution in [0.5, 0.6) is 0 Å². The average Bonchev–Trinajstić information content (AvgIpc) is 2.81. The first kappa shape index (κ1) is 19.5. The number of hydrogen-bond acceptors (Lipinski definition) is 5. The molecule has 1 aromatic rings. The largest absolute Gasteiger partial charge is 0.481 e. The second-order valence-corrected chi connectivity index (χ2v) is 7.55. The van der Waals surface area contributed by atoms with Crippen molar-refractivity contribution in [2.75, 3.05) is 11.9 Å². The molecule has 2 atom stereocenters. The number of amides is 1. The molecule has 2 rings (SSSR count). The Morgan fingerprint density at radius 2 is 2.04 bits per heavy atom. The standard InChI is InChI=1S/C17H20ClNO5S/c1-4-24-17(23)13-8(2)9(3)25-15(13)19-14(20)12-7-10(18)5-6-11(12)16(21)22/h5,11-12H,4,6-7H2,1-3H3,(H,19,20)(H,21,22)/t11-,12-/m1/s1. The molecule has 0 saturated heterocycles. The van der Waals surface area contributed by atoms with Crippen molar-refractivity contribution in [3.05, 3.63) is 27.1 Å². The first-order valence-electron chi connectivity index (χ1n) is 7.91. The Morgan fingerprint density at radius 3 is 2.64 bits per heavy atom. The van der Waals surface area contributed by atoms with Gasteiger partial charge in [-0.2, -0.15) is 0 Å². The van der Waals surface area contributed by atoms with Gasteiger partial charge in [-0.15, -0.1) is 11.3 Å². The lowest BCUT2D eigenvalue weighted by molar-refractivity contribution is -0.146. The number of esters is 1. The minimum atomic E-state index is -1.04. The topological polar surface area (TPSA) is 92.7 Å². The van der Waals surface area contributed by atoms with Gasteiger partial charge in [-0.1, -0.05) is 17.7 Å². The molecule has 0 bridgehead atoms. The van der Waals surface area contributed by atoms with E-state index in [1.807, 2.05) is 6.92 Å². The molecule has 1 amide bonds. The van der Waals surface area contributed by atoms with Crippen LogP contribution in [0.15, 0.2) is 11.1 Å². The highest BCUT2D eigenvalue weighted by atomic mass is 35.5. The van der Waals surface area contributed by atoms with Crippen molar-refractivity contribution in [3.8, 4) is 0 Å². The fourth-order valence-electron chi connectivity index (χ4n) is 2.77. The lowest BCUT2D eigenvalue weighted by Gasteiger charge is -2.25. The van der Waals surface area contributed by atoms with Crippen LogP contribution in [0.4, 0.5) is 5.00 Å². The van der Waals surface area contributed by atoms with Gasteiger partial charge >= 0.3 is 11.9 Å². The van der Waals surface area contributed by atoms with E-state index in [4.69, 9.17) is 16.3 Å². The molecule has 0 spiro atoms. The SMILES string of the molecule is CCOC(=O)c1c(NC(=O)[C@@H]2CC(Cl)=CC[C@H]2C(=O)O)sc(C)c1C. The number of carboxylic acids is 1. The Bertz CT molecular complexity index is 740. The van der Waals surface area contributed by atoms with Gasteiger partial charge in [0.2, 0.25) is 5.91 Å². The molecule has 0 saturated carbocycles. The molecule has 1 aromatic heterocycles. The van der Waals surface area contributed by atoms with Crippen LogP contribution >= 0.6 is 22.9 Å². The van der Waals surface area contributed by atoms with E-state index in [0.717, 1.165) is 10.4 Å². The Labute approximate surface area is 154 Å². The molecule has 0 aromatic carbocycles. The molecular weight excluding hydrogens is 366 g/mol.